The number of esters is 2. The fraction of sp³-hybridized carbons (Fsp3) is 0.273. The van der Waals surface area contributed by atoms with Gasteiger partial charge in [-0.05, 0) is 36.8 Å². The van der Waals surface area contributed by atoms with Gasteiger partial charge in [0.15, 0.2) is 11.9 Å². The Bertz CT molecular complexity index is 1260. The molecule has 2 aromatic rings. The van der Waals surface area contributed by atoms with Gasteiger partial charge in [0.2, 0.25) is 11.5 Å². The van der Waals surface area contributed by atoms with E-state index in [0.717, 1.165) is 18.1 Å². The number of amides is 3. The van der Waals surface area contributed by atoms with Crippen LogP contribution in [0.4, 0.5) is 10.5 Å². The molecular weight excluding hydrogens is 482 g/mol. The van der Waals surface area contributed by atoms with E-state index < -0.39 is 40.6 Å². The molecule has 1 saturated heterocycles. The Labute approximate surface area is 203 Å². The summed E-state index contributed by atoms with van der Waals surface area (Å²) in [4.78, 5) is 60.2. The molecule has 0 radical (unpaired) electrons. The van der Waals surface area contributed by atoms with Crippen LogP contribution >= 0.6 is 0 Å². The molecule has 0 spiro atoms. The molecule has 36 heavy (non-hydrogen) atoms. The molecule has 1 aromatic heterocycles. The molecule has 14 nitrogen and oxygen atoms in total. The van der Waals surface area contributed by atoms with Crippen molar-refractivity contribution in [3.05, 3.63) is 57.2 Å². The molecule has 0 unspecified atom stereocenters. The lowest BCUT2D eigenvalue weighted by Crippen LogP contribution is -2.30. The Balaban J connectivity index is 1.90. The van der Waals surface area contributed by atoms with Crippen LogP contribution in [0.1, 0.15) is 28.8 Å². The highest BCUT2D eigenvalue weighted by atomic mass is 16.6. The van der Waals surface area contributed by atoms with Crippen molar-refractivity contribution in [2.24, 2.45) is 0 Å². The van der Waals surface area contributed by atoms with Gasteiger partial charge in [0.05, 0.1) is 32.8 Å². The number of hydrogen-bond acceptors (Lipinski definition) is 11. The molecule has 1 atom stereocenters. The van der Waals surface area contributed by atoms with Gasteiger partial charge in [-0.3, -0.25) is 19.8 Å². The Morgan fingerprint density at radius 2 is 1.92 bits per heavy atom. The summed E-state index contributed by atoms with van der Waals surface area (Å²) in [6.07, 6.45) is 0.0445. The molecule has 1 N–H and O–H groups in total. The van der Waals surface area contributed by atoms with Gasteiger partial charge in [0, 0.05) is 6.07 Å². The zero-order valence-corrected chi connectivity index (χ0v) is 19.6. The van der Waals surface area contributed by atoms with E-state index in [0.29, 0.717) is 0 Å². The summed E-state index contributed by atoms with van der Waals surface area (Å²) >= 11 is 0. The number of imide groups is 1. The summed E-state index contributed by atoms with van der Waals surface area (Å²) < 4.78 is 25.0. The van der Waals surface area contributed by atoms with Crippen LogP contribution in [-0.4, -0.2) is 61.1 Å². The predicted octanol–water partition coefficient (Wildman–Crippen LogP) is 2.02. The van der Waals surface area contributed by atoms with E-state index >= 15 is 0 Å². The lowest BCUT2D eigenvalue weighted by atomic mass is 10.1. The minimum Gasteiger partial charge on any atom is -0.493 e. The smallest absolute Gasteiger partial charge is 0.373 e. The largest absolute Gasteiger partial charge is 0.493 e. The van der Waals surface area contributed by atoms with E-state index in [4.69, 9.17) is 13.9 Å². The molecule has 1 aliphatic rings. The van der Waals surface area contributed by atoms with Crippen LogP contribution < -0.4 is 14.8 Å². The van der Waals surface area contributed by atoms with Crippen LogP contribution in [0.15, 0.2) is 34.4 Å². The van der Waals surface area contributed by atoms with Crippen molar-refractivity contribution < 1.29 is 47.5 Å². The first-order valence-corrected chi connectivity index (χ1v) is 10.2. The number of ether oxygens (including phenoxy) is 4. The van der Waals surface area contributed by atoms with Gasteiger partial charge in [0.1, 0.15) is 11.5 Å². The summed E-state index contributed by atoms with van der Waals surface area (Å²) in [7, 11) is 3.56. The average molecular weight is 503 g/mol. The Hall–Kier alpha value is -4.88. The maximum Gasteiger partial charge on any atom is 0.373 e. The Kier molecular flexibility index (Phi) is 7.57. The number of carbonyl (C=O) groups is 4. The van der Waals surface area contributed by atoms with Crippen molar-refractivity contribution in [3.63, 3.8) is 0 Å². The van der Waals surface area contributed by atoms with Gasteiger partial charge in [-0.15, -0.1) is 0 Å². The molecule has 1 aliphatic heterocycles. The zero-order valence-electron chi connectivity index (χ0n) is 19.6. The fourth-order valence-electron chi connectivity index (χ4n) is 3.20. The normalized spacial score (nSPS) is 14.9. The number of carbonyl (C=O) groups excluding carboxylic acids is 4. The van der Waals surface area contributed by atoms with E-state index in [1.165, 1.54) is 45.4 Å². The lowest BCUT2D eigenvalue weighted by molar-refractivity contribution is -0.386. The van der Waals surface area contributed by atoms with Crippen LogP contribution in [0.25, 0.3) is 6.08 Å². The maximum absolute atomic E-state index is 12.8. The summed E-state index contributed by atoms with van der Waals surface area (Å²) in [6.45, 7) is 1.07. The molecule has 0 aliphatic carbocycles. The number of methoxy groups -OCH3 is 3. The topological polar surface area (TPSA) is 177 Å². The predicted molar refractivity (Wildman–Crippen MR) is 119 cm³/mol. The van der Waals surface area contributed by atoms with Gasteiger partial charge in [-0.2, -0.15) is 0 Å². The number of nitrogens with one attached hydrogen (secondary N) is 1. The lowest BCUT2D eigenvalue weighted by Gasteiger charge is -2.15. The number of nitrogens with zero attached hydrogens (tertiary/aromatic N) is 2. The third kappa shape index (κ3) is 5.27. The third-order valence-corrected chi connectivity index (χ3v) is 4.94. The van der Waals surface area contributed by atoms with Gasteiger partial charge < -0.3 is 28.7 Å². The molecule has 1 fully saturated rings. The molecule has 0 saturated carbocycles. The van der Waals surface area contributed by atoms with E-state index in [9.17, 15) is 29.3 Å². The van der Waals surface area contributed by atoms with E-state index in [-0.39, 0.29) is 40.8 Å². The number of rotatable bonds is 9. The Morgan fingerprint density at radius 1 is 1.19 bits per heavy atom. The minimum atomic E-state index is -1.17. The molecule has 1 aromatic carbocycles. The van der Waals surface area contributed by atoms with Gasteiger partial charge in [0.25, 0.3) is 5.91 Å². The molecule has 3 rings (SSSR count). The highest BCUT2D eigenvalue weighted by molar-refractivity contribution is 6.13. The van der Waals surface area contributed by atoms with Crippen molar-refractivity contribution in [3.8, 4) is 11.5 Å². The molecule has 0 bridgehead atoms. The highest BCUT2D eigenvalue weighted by Gasteiger charge is 2.35. The number of benzene rings is 1. The quantitative estimate of drug-likeness (QED) is 0.174. The number of furan rings is 1. The van der Waals surface area contributed by atoms with Crippen molar-refractivity contribution in [2.75, 3.05) is 21.3 Å². The SMILES string of the molecule is COC(=O)c1ccc(CN2C(=O)N/C(=C\c3cc(OC)c(O[C@@H](C)C(=O)OC)c([N+](=O)[O-])c3)C2=O)o1. The first-order chi connectivity index (χ1) is 17.1. The minimum absolute atomic E-state index is 0.0913. The highest BCUT2D eigenvalue weighted by Crippen LogP contribution is 2.39. The van der Waals surface area contributed by atoms with Crippen molar-refractivity contribution in [2.45, 2.75) is 19.6 Å². The average Bonchev–Trinajstić information content (AvgIpc) is 3.43. The molecule has 2 heterocycles. The van der Waals surface area contributed by atoms with Crippen molar-refractivity contribution >= 4 is 35.6 Å². The Morgan fingerprint density at radius 3 is 2.53 bits per heavy atom. The number of nitro groups is 1. The summed E-state index contributed by atoms with van der Waals surface area (Å²) in [5.74, 6) is -2.57. The standard InChI is InChI=1S/C22H21N3O11/c1-11(20(27)33-3)35-18-15(25(30)31)8-12(9-17(18)32-2)7-14-19(26)24(22(29)23-14)10-13-5-6-16(36-13)21(28)34-4/h5-9,11H,10H2,1-4H3,(H,23,29)/b14-7-/t11-/m0/s1. The van der Waals surface area contributed by atoms with Crippen LogP contribution in [-0.2, 0) is 25.6 Å². The second-order valence-corrected chi connectivity index (χ2v) is 7.25. The first-order valence-electron chi connectivity index (χ1n) is 10.2. The maximum atomic E-state index is 12.8. The molecule has 3 amide bonds. The van der Waals surface area contributed by atoms with Crippen LogP contribution in [0.5, 0.6) is 11.5 Å². The summed E-state index contributed by atoms with van der Waals surface area (Å²) in [6, 6.07) is 4.40. The molecule has 14 heteroatoms. The van der Waals surface area contributed by atoms with E-state index in [2.05, 4.69) is 14.8 Å². The van der Waals surface area contributed by atoms with Crippen LogP contribution in [0.2, 0.25) is 0 Å². The fourth-order valence-corrected chi connectivity index (χ4v) is 3.20. The van der Waals surface area contributed by atoms with E-state index in [1.54, 1.807) is 0 Å². The molecule has 190 valence electrons. The summed E-state index contributed by atoms with van der Waals surface area (Å²) in [5, 5.41) is 14.1. The number of nitro benzene ring substituents is 1. The van der Waals surface area contributed by atoms with Crippen molar-refractivity contribution in [1.29, 1.82) is 0 Å². The van der Waals surface area contributed by atoms with Crippen LogP contribution in [0.3, 0.4) is 0 Å². The third-order valence-electron chi connectivity index (χ3n) is 4.94. The zero-order chi connectivity index (χ0) is 26.6. The second-order valence-electron chi connectivity index (χ2n) is 7.25. The van der Waals surface area contributed by atoms with Gasteiger partial charge in [-0.25, -0.2) is 14.4 Å². The summed E-state index contributed by atoms with van der Waals surface area (Å²) in [5.41, 5.74) is -0.586. The number of hydrogen-bond donors (Lipinski definition) is 1. The monoisotopic (exact) mass is 503 g/mol. The number of urea groups is 1. The first kappa shape index (κ1) is 25.7. The van der Waals surface area contributed by atoms with Crippen molar-refractivity contribution in [1.82, 2.24) is 10.2 Å². The second kappa shape index (κ2) is 10.6. The van der Waals surface area contributed by atoms with Gasteiger partial charge >= 0.3 is 23.7 Å². The van der Waals surface area contributed by atoms with E-state index in [1.807, 2.05) is 0 Å². The molecular formula is C22H21N3O11. The van der Waals surface area contributed by atoms with Crippen LogP contribution in [0, 0.1) is 10.1 Å². The van der Waals surface area contributed by atoms with Gasteiger partial charge in [-0.1, -0.05) is 0 Å².